The average Bonchev–Trinajstić information content (AvgIpc) is 2.95. The number of fused-ring (bicyclic) bond motifs is 3. The van der Waals surface area contributed by atoms with Crippen molar-refractivity contribution in [2.24, 2.45) is 0 Å². The molecule has 0 saturated carbocycles. The third-order valence-corrected chi connectivity index (χ3v) is 6.36. The monoisotopic (exact) mass is 589 g/mol. The quantitative estimate of drug-likeness (QED) is 0.117. The van der Waals surface area contributed by atoms with Gasteiger partial charge in [-0.05, 0) is 42.3 Å². The number of hydrogen-bond donors (Lipinski definition) is 3. The van der Waals surface area contributed by atoms with Gasteiger partial charge in [0.15, 0.2) is 0 Å². The number of alkyl halides is 3. The van der Waals surface area contributed by atoms with Crippen LogP contribution in [0, 0.1) is 0 Å². The summed E-state index contributed by atoms with van der Waals surface area (Å²) in [4.78, 5) is 33.1. The molecule has 0 fully saturated rings. The smallest absolute Gasteiger partial charge is 0.465 e. The van der Waals surface area contributed by atoms with Gasteiger partial charge in [-0.25, -0.2) is 9.78 Å². The summed E-state index contributed by atoms with van der Waals surface area (Å²) in [6.45, 7) is 1.69. The van der Waals surface area contributed by atoms with E-state index in [4.69, 9.17) is 21.3 Å². The van der Waals surface area contributed by atoms with Crippen LogP contribution in [0.1, 0.15) is 28.8 Å². The fourth-order valence-corrected chi connectivity index (χ4v) is 4.38. The number of amides is 1. The Morgan fingerprint density at radius 3 is 2.59 bits per heavy atom. The maximum atomic E-state index is 12.4. The minimum absolute atomic E-state index is 0.139. The number of methoxy groups -OCH3 is 1. The van der Waals surface area contributed by atoms with Gasteiger partial charge >= 0.3 is 12.3 Å². The molecule has 0 aliphatic rings. The first-order valence-electron chi connectivity index (χ1n) is 12.7. The molecular formula is C28H27ClF3N5O4. The van der Waals surface area contributed by atoms with Crippen molar-refractivity contribution in [3.8, 4) is 5.75 Å². The van der Waals surface area contributed by atoms with Crippen molar-refractivity contribution in [2.45, 2.75) is 25.7 Å². The number of hydrogen-bond acceptors (Lipinski definition) is 8. The van der Waals surface area contributed by atoms with E-state index in [0.29, 0.717) is 55.1 Å². The lowest BCUT2D eigenvalue weighted by Gasteiger charge is -2.12. The zero-order valence-electron chi connectivity index (χ0n) is 22.0. The van der Waals surface area contributed by atoms with Crippen LogP contribution >= 0.6 is 11.6 Å². The number of ether oxygens (including phenoxy) is 2. The van der Waals surface area contributed by atoms with Crippen molar-refractivity contribution in [3.63, 3.8) is 0 Å². The molecule has 41 heavy (non-hydrogen) atoms. The molecule has 0 atom stereocenters. The second-order valence-electron chi connectivity index (χ2n) is 8.97. The van der Waals surface area contributed by atoms with Gasteiger partial charge in [0.05, 0.1) is 23.2 Å². The molecule has 2 heterocycles. The first-order valence-corrected chi connectivity index (χ1v) is 13.0. The third kappa shape index (κ3) is 8.18. The number of pyridine rings is 2. The van der Waals surface area contributed by atoms with Crippen LogP contribution in [0.25, 0.3) is 21.7 Å². The lowest BCUT2D eigenvalue weighted by Crippen LogP contribution is -2.29. The van der Waals surface area contributed by atoms with E-state index in [1.807, 2.05) is 12.1 Å². The van der Waals surface area contributed by atoms with Gasteiger partial charge in [-0.15, -0.1) is 13.2 Å². The van der Waals surface area contributed by atoms with E-state index in [9.17, 15) is 22.8 Å². The second kappa shape index (κ2) is 13.5. The van der Waals surface area contributed by atoms with Crippen molar-refractivity contribution in [2.75, 3.05) is 32.1 Å². The van der Waals surface area contributed by atoms with Gasteiger partial charge in [0.2, 0.25) is 5.91 Å². The van der Waals surface area contributed by atoms with Crippen LogP contribution in [0.2, 0.25) is 5.02 Å². The van der Waals surface area contributed by atoms with E-state index >= 15 is 0 Å². The highest BCUT2D eigenvalue weighted by Gasteiger charge is 2.32. The standard InChI is InChI=1S/C28H27ClF3N5O4/c1-40-27(39)18-4-5-19-21-16-34-11-7-20(21)26(37-23(19)14-18)36-10-2-9-35-25(38)8-12-33-15-17-3-6-24(22(29)13-17)41-28(30,31)32/h3-7,11,13-14,16,33H,2,8-10,12,15H2,1H3,(H,35,38)(H,36,37). The molecule has 4 aromatic rings. The first kappa shape index (κ1) is 29.8. The van der Waals surface area contributed by atoms with Crippen LogP contribution in [0.5, 0.6) is 5.75 Å². The maximum Gasteiger partial charge on any atom is 0.573 e. The summed E-state index contributed by atoms with van der Waals surface area (Å²) in [5.74, 6) is -0.407. The summed E-state index contributed by atoms with van der Waals surface area (Å²) in [7, 11) is 1.33. The largest absolute Gasteiger partial charge is 0.573 e. The highest BCUT2D eigenvalue weighted by molar-refractivity contribution is 6.32. The zero-order valence-corrected chi connectivity index (χ0v) is 22.7. The predicted molar refractivity (Wildman–Crippen MR) is 149 cm³/mol. The van der Waals surface area contributed by atoms with E-state index in [1.165, 1.54) is 19.2 Å². The first-order chi connectivity index (χ1) is 19.6. The Kier molecular flexibility index (Phi) is 9.79. The van der Waals surface area contributed by atoms with Crippen LogP contribution in [0.4, 0.5) is 19.0 Å². The number of aromatic nitrogens is 2. The van der Waals surface area contributed by atoms with Gasteiger partial charge in [0.25, 0.3) is 0 Å². The number of esters is 1. The Morgan fingerprint density at radius 2 is 1.83 bits per heavy atom. The molecule has 1 amide bonds. The molecule has 2 aromatic carbocycles. The van der Waals surface area contributed by atoms with Crippen molar-refractivity contribution in [3.05, 3.63) is 71.0 Å². The minimum Gasteiger partial charge on any atom is -0.465 e. The molecular weight excluding hydrogens is 563 g/mol. The second-order valence-corrected chi connectivity index (χ2v) is 9.38. The summed E-state index contributed by atoms with van der Waals surface area (Å²) in [6, 6.07) is 11.1. The molecule has 13 heteroatoms. The van der Waals surface area contributed by atoms with Crippen molar-refractivity contribution in [1.82, 2.24) is 20.6 Å². The lowest BCUT2D eigenvalue weighted by molar-refractivity contribution is -0.274. The lowest BCUT2D eigenvalue weighted by atomic mass is 10.1. The number of halogens is 4. The molecule has 9 nitrogen and oxygen atoms in total. The Balaban J connectivity index is 1.21. The predicted octanol–water partition coefficient (Wildman–Crippen LogP) is 5.22. The van der Waals surface area contributed by atoms with Gasteiger partial charge in [-0.2, -0.15) is 0 Å². The average molecular weight is 590 g/mol. The number of carbonyl (C=O) groups is 2. The van der Waals surface area contributed by atoms with Gasteiger partial charge in [0, 0.05) is 61.2 Å². The molecule has 4 rings (SSSR count). The highest BCUT2D eigenvalue weighted by atomic mass is 35.5. The van der Waals surface area contributed by atoms with Crippen LogP contribution in [0.3, 0.4) is 0 Å². The molecule has 0 bridgehead atoms. The molecule has 0 unspecified atom stereocenters. The molecule has 0 aliphatic heterocycles. The summed E-state index contributed by atoms with van der Waals surface area (Å²) >= 11 is 5.85. The summed E-state index contributed by atoms with van der Waals surface area (Å²) in [5, 5.41) is 11.7. The van der Waals surface area contributed by atoms with Crippen molar-refractivity contribution >= 4 is 51.0 Å². The van der Waals surface area contributed by atoms with Crippen molar-refractivity contribution in [1.29, 1.82) is 0 Å². The van der Waals surface area contributed by atoms with Gasteiger partial charge in [0.1, 0.15) is 11.6 Å². The molecule has 3 N–H and O–H groups in total. The molecule has 0 aliphatic carbocycles. The molecule has 2 aromatic heterocycles. The SMILES string of the molecule is COC(=O)c1ccc2c(c1)nc(NCCCNC(=O)CCNCc1ccc(OC(F)(F)F)c(Cl)c1)c1ccncc12. The van der Waals surface area contributed by atoms with E-state index in [2.05, 4.69) is 25.7 Å². The fraction of sp³-hybridized carbons (Fsp3) is 0.286. The number of rotatable bonds is 12. The van der Waals surface area contributed by atoms with E-state index < -0.39 is 18.1 Å². The number of nitrogens with zero attached hydrogens (tertiary/aromatic N) is 2. The zero-order chi connectivity index (χ0) is 29.4. The van der Waals surface area contributed by atoms with Gasteiger partial charge < -0.3 is 25.4 Å². The molecule has 0 saturated heterocycles. The van der Waals surface area contributed by atoms with Crippen molar-refractivity contribution < 1.29 is 32.2 Å². The molecule has 0 radical (unpaired) electrons. The van der Waals surface area contributed by atoms with Crippen LogP contribution in [-0.4, -0.2) is 55.0 Å². The Labute approximate surface area is 238 Å². The normalized spacial score (nSPS) is 11.4. The topological polar surface area (TPSA) is 114 Å². The Morgan fingerprint density at radius 1 is 1.00 bits per heavy atom. The van der Waals surface area contributed by atoms with Crippen LogP contribution in [-0.2, 0) is 16.1 Å². The Hall–Kier alpha value is -4.16. The summed E-state index contributed by atoms with van der Waals surface area (Å²) in [6.07, 6.45) is -0.516. The van der Waals surface area contributed by atoms with Crippen LogP contribution < -0.4 is 20.7 Å². The number of anilines is 1. The van der Waals surface area contributed by atoms with E-state index in [0.717, 1.165) is 22.2 Å². The summed E-state index contributed by atoms with van der Waals surface area (Å²) < 4.78 is 45.7. The minimum atomic E-state index is -4.82. The number of carbonyl (C=O) groups excluding carboxylic acids is 2. The van der Waals surface area contributed by atoms with Gasteiger partial charge in [-0.1, -0.05) is 23.7 Å². The fourth-order valence-electron chi connectivity index (χ4n) is 4.14. The van der Waals surface area contributed by atoms with E-state index in [1.54, 1.807) is 24.5 Å². The van der Waals surface area contributed by atoms with Crippen LogP contribution in [0.15, 0.2) is 54.9 Å². The third-order valence-electron chi connectivity index (χ3n) is 6.07. The number of benzene rings is 2. The summed E-state index contributed by atoms with van der Waals surface area (Å²) in [5.41, 5.74) is 1.68. The maximum absolute atomic E-state index is 12.4. The highest BCUT2D eigenvalue weighted by Crippen LogP contribution is 2.31. The number of nitrogens with one attached hydrogen (secondary N) is 3. The van der Waals surface area contributed by atoms with Gasteiger partial charge in [-0.3, -0.25) is 9.78 Å². The molecule has 0 spiro atoms. The Bertz CT molecular complexity index is 1550. The van der Waals surface area contributed by atoms with E-state index in [-0.39, 0.29) is 17.4 Å². The molecule has 216 valence electrons.